The van der Waals surface area contributed by atoms with E-state index in [4.69, 9.17) is 5.73 Å². The van der Waals surface area contributed by atoms with Crippen LogP contribution in [0.1, 0.15) is 43.4 Å². The molecule has 0 amide bonds. The molecule has 0 fully saturated rings. The predicted molar refractivity (Wildman–Crippen MR) is 72.5 cm³/mol. The van der Waals surface area contributed by atoms with Gasteiger partial charge < -0.3 is 5.73 Å². The minimum Gasteiger partial charge on any atom is -0.326 e. The minimum atomic E-state index is -0.0620. The van der Waals surface area contributed by atoms with E-state index in [1.165, 1.54) is 16.7 Å². The molecule has 0 radical (unpaired) electrons. The third kappa shape index (κ3) is 4.63. The van der Waals surface area contributed by atoms with Gasteiger partial charge in [-0.3, -0.25) is 0 Å². The van der Waals surface area contributed by atoms with Crippen molar-refractivity contribution in [2.45, 2.75) is 46.1 Å². The molecule has 16 heavy (non-hydrogen) atoms. The zero-order valence-electron chi connectivity index (χ0n) is 10.9. The fourth-order valence-corrected chi connectivity index (χ4v) is 1.54. The summed E-state index contributed by atoms with van der Waals surface area (Å²) in [5.41, 5.74) is 9.83. The summed E-state index contributed by atoms with van der Waals surface area (Å²) in [6.45, 7) is 8.42. The van der Waals surface area contributed by atoms with E-state index < -0.39 is 0 Å². The third-order valence-electron chi connectivity index (χ3n) is 2.80. The first-order chi connectivity index (χ1) is 7.38. The molecule has 0 bridgehead atoms. The molecule has 0 aliphatic carbocycles. The lowest BCUT2D eigenvalue weighted by Crippen LogP contribution is -2.31. The van der Waals surface area contributed by atoms with Gasteiger partial charge in [0, 0.05) is 5.54 Å². The van der Waals surface area contributed by atoms with Crippen molar-refractivity contribution in [1.82, 2.24) is 0 Å². The van der Waals surface area contributed by atoms with Gasteiger partial charge >= 0.3 is 0 Å². The Morgan fingerprint density at radius 3 is 2.44 bits per heavy atom. The Balaban J connectivity index is 2.53. The second-order valence-electron chi connectivity index (χ2n) is 5.27. The average molecular weight is 217 g/mol. The van der Waals surface area contributed by atoms with Crippen molar-refractivity contribution in [2.75, 3.05) is 0 Å². The van der Waals surface area contributed by atoms with Crippen molar-refractivity contribution in [1.29, 1.82) is 0 Å². The summed E-state index contributed by atoms with van der Waals surface area (Å²) in [6, 6.07) is 6.55. The van der Waals surface area contributed by atoms with Crippen LogP contribution in [0.5, 0.6) is 0 Å². The first kappa shape index (κ1) is 13.0. The summed E-state index contributed by atoms with van der Waals surface area (Å²) in [4.78, 5) is 0. The van der Waals surface area contributed by atoms with Crippen LogP contribution in [0, 0.1) is 13.8 Å². The van der Waals surface area contributed by atoms with Gasteiger partial charge in [0.05, 0.1) is 0 Å². The van der Waals surface area contributed by atoms with Gasteiger partial charge in [-0.25, -0.2) is 0 Å². The molecule has 0 spiro atoms. The molecule has 0 heterocycles. The fraction of sp³-hybridized carbons (Fsp3) is 0.467. The molecule has 1 aromatic rings. The maximum Gasteiger partial charge on any atom is 0.01000 e. The molecule has 0 aliphatic rings. The molecule has 0 atom stereocenters. The highest BCUT2D eigenvalue weighted by molar-refractivity contribution is 5.51. The van der Waals surface area contributed by atoms with Crippen LogP contribution in [-0.4, -0.2) is 5.54 Å². The lowest BCUT2D eigenvalue weighted by Gasteiger charge is -2.16. The van der Waals surface area contributed by atoms with Crippen molar-refractivity contribution < 1.29 is 0 Å². The van der Waals surface area contributed by atoms with E-state index >= 15 is 0 Å². The topological polar surface area (TPSA) is 26.0 Å². The average Bonchev–Trinajstić information content (AvgIpc) is 2.17. The lowest BCUT2D eigenvalue weighted by atomic mass is 9.99. The van der Waals surface area contributed by atoms with E-state index in [-0.39, 0.29) is 5.54 Å². The van der Waals surface area contributed by atoms with E-state index in [2.05, 4.69) is 58.0 Å². The first-order valence-electron chi connectivity index (χ1n) is 5.91. The number of allylic oxidation sites excluding steroid dienone is 1. The van der Waals surface area contributed by atoms with E-state index in [0.717, 1.165) is 12.8 Å². The lowest BCUT2D eigenvalue weighted by molar-refractivity contribution is 0.482. The van der Waals surface area contributed by atoms with Crippen LogP contribution >= 0.6 is 0 Å². The Kier molecular flexibility index (Phi) is 4.31. The number of hydrogen-bond donors (Lipinski definition) is 1. The van der Waals surface area contributed by atoms with Gasteiger partial charge in [-0.15, -0.1) is 0 Å². The summed E-state index contributed by atoms with van der Waals surface area (Å²) >= 11 is 0. The minimum absolute atomic E-state index is 0.0620. The summed E-state index contributed by atoms with van der Waals surface area (Å²) in [7, 11) is 0. The van der Waals surface area contributed by atoms with Gasteiger partial charge in [0.15, 0.2) is 0 Å². The molecule has 0 aliphatic heterocycles. The van der Waals surface area contributed by atoms with Crippen molar-refractivity contribution in [3.63, 3.8) is 0 Å². The normalized spacial score (nSPS) is 12.3. The van der Waals surface area contributed by atoms with E-state index in [1.54, 1.807) is 0 Å². The second kappa shape index (κ2) is 5.31. The molecular weight excluding hydrogens is 194 g/mol. The van der Waals surface area contributed by atoms with Crippen LogP contribution < -0.4 is 5.73 Å². The summed E-state index contributed by atoms with van der Waals surface area (Å²) < 4.78 is 0. The zero-order chi connectivity index (χ0) is 12.2. The fourth-order valence-electron chi connectivity index (χ4n) is 1.54. The molecule has 1 nitrogen and oxygen atoms in total. The summed E-state index contributed by atoms with van der Waals surface area (Å²) in [5, 5.41) is 0. The molecule has 0 unspecified atom stereocenters. The Hall–Kier alpha value is -1.08. The van der Waals surface area contributed by atoms with E-state index in [0.29, 0.717) is 0 Å². The van der Waals surface area contributed by atoms with Gasteiger partial charge in [-0.1, -0.05) is 30.4 Å². The quantitative estimate of drug-likeness (QED) is 0.815. The van der Waals surface area contributed by atoms with Gasteiger partial charge in [-0.05, 0) is 57.2 Å². The Bertz CT molecular complexity index is 370. The highest BCUT2D eigenvalue weighted by atomic mass is 14.7. The van der Waals surface area contributed by atoms with Gasteiger partial charge in [-0.2, -0.15) is 0 Å². The molecule has 1 aromatic carbocycles. The Morgan fingerprint density at radius 1 is 1.19 bits per heavy atom. The standard InChI is InChI=1S/C15H23N/c1-12-8-9-14(11-13(12)2)7-5-6-10-15(3,4)16/h5,7-9,11H,6,10,16H2,1-4H3/b7-5+. The van der Waals surface area contributed by atoms with Crippen molar-refractivity contribution in [2.24, 2.45) is 5.73 Å². The molecule has 88 valence electrons. The predicted octanol–water partition coefficient (Wildman–Crippen LogP) is 3.83. The number of nitrogens with two attached hydrogens (primary N) is 1. The third-order valence-corrected chi connectivity index (χ3v) is 2.80. The maximum absolute atomic E-state index is 5.93. The van der Waals surface area contributed by atoms with Crippen molar-refractivity contribution >= 4 is 6.08 Å². The number of hydrogen-bond acceptors (Lipinski definition) is 1. The monoisotopic (exact) mass is 217 g/mol. The van der Waals surface area contributed by atoms with E-state index in [1.807, 2.05) is 0 Å². The Morgan fingerprint density at radius 2 is 1.88 bits per heavy atom. The smallest absolute Gasteiger partial charge is 0.01000 e. The van der Waals surface area contributed by atoms with Crippen LogP contribution in [0.4, 0.5) is 0 Å². The van der Waals surface area contributed by atoms with Crippen LogP contribution in [0.25, 0.3) is 6.08 Å². The van der Waals surface area contributed by atoms with Crippen molar-refractivity contribution in [3.05, 3.63) is 41.0 Å². The molecular formula is C15H23N. The first-order valence-corrected chi connectivity index (χ1v) is 5.91. The maximum atomic E-state index is 5.93. The van der Waals surface area contributed by atoms with Gasteiger partial charge in [0.1, 0.15) is 0 Å². The summed E-state index contributed by atoms with van der Waals surface area (Å²) in [5.74, 6) is 0. The number of rotatable bonds is 4. The van der Waals surface area contributed by atoms with Crippen molar-refractivity contribution in [3.8, 4) is 0 Å². The van der Waals surface area contributed by atoms with E-state index in [9.17, 15) is 0 Å². The molecule has 0 saturated heterocycles. The second-order valence-corrected chi connectivity index (χ2v) is 5.27. The van der Waals surface area contributed by atoms with Crippen LogP contribution in [0.2, 0.25) is 0 Å². The number of aryl methyl sites for hydroxylation is 2. The highest BCUT2D eigenvalue weighted by Crippen LogP contribution is 2.13. The number of benzene rings is 1. The van der Waals surface area contributed by atoms with Gasteiger partial charge in [0.2, 0.25) is 0 Å². The summed E-state index contributed by atoms with van der Waals surface area (Å²) in [6.07, 6.45) is 6.45. The van der Waals surface area contributed by atoms with Crippen LogP contribution in [0.3, 0.4) is 0 Å². The molecule has 1 rings (SSSR count). The highest BCUT2D eigenvalue weighted by Gasteiger charge is 2.07. The van der Waals surface area contributed by atoms with Crippen LogP contribution in [-0.2, 0) is 0 Å². The SMILES string of the molecule is Cc1ccc(/C=C/CCC(C)(C)N)cc1C. The molecule has 2 N–H and O–H groups in total. The van der Waals surface area contributed by atoms with Gasteiger partial charge in [0.25, 0.3) is 0 Å². The largest absolute Gasteiger partial charge is 0.326 e. The molecule has 1 heteroatoms. The molecule has 0 aromatic heterocycles. The zero-order valence-corrected chi connectivity index (χ0v) is 10.9. The Labute approximate surface area is 99.4 Å². The van der Waals surface area contributed by atoms with Crippen LogP contribution in [0.15, 0.2) is 24.3 Å². The molecule has 0 saturated carbocycles.